The molecular weight excluding hydrogens is 309 g/mol. The van der Waals surface area contributed by atoms with Gasteiger partial charge in [-0.3, -0.25) is 4.79 Å². The van der Waals surface area contributed by atoms with Crippen LogP contribution < -0.4 is 9.47 Å². The normalized spacial score (nSPS) is 11.7. The first-order chi connectivity index (χ1) is 11.5. The van der Waals surface area contributed by atoms with Crippen LogP contribution in [0.15, 0.2) is 42.5 Å². The van der Waals surface area contributed by atoms with Crippen molar-refractivity contribution < 1.29 is 18.7 Å². The van der Waals surface area contributed by atoms with Crippen LogP contribution in [0.3, 0.4) is 0 Å². The molecule has 1 atom stereocenters. The van der Waals surface area contributed by atoms with Crippen LogP contribution in [-0.2, 0) is 0 Å². The molecule has 1 amide bonds. The number of ether oxygens (including phenoxy) is 2. The highest BCUT2D eigenvalue weighted by Crippen LogP contribution is 2.28. The van der Waals surface area contributed by atoms with Crippen LogP contribution in [0.25, 0.3) is 0 Å². The van der Waals surface area contributed by atoms with Crippen molar-refractivity contribution in [3.63, 3.8) is 0 Å². The Kier molecular flexibility index (Phi) is 5.79. The number of carbonyl (C=O) groups is 1. The van der Waals surface area contributed by atoms with Crippen molar-refractivity contribution in [1.29, 1.82) is 0 Å². The van der Waals surface area contributed by atoms with E-state index in [2.05, 4.69) is 0 Å². The summed E-state index contributed by atoms with van der Waals surface area (Å²) in [5.41, 5.74) is 1.16. The molecule has 0 bridgehead atoms. The van der Waals surface area contributed by atoms with Gasteiger partial charge in [0, 0.05) is 6.54 Å². The second-order valence-electron chi connectivity index (χ2n) is 5.39. The number of rotatable bonds is 6. The average molecular weight is 331 g/mol. The second kappa shape index (κ2) is 7.81. The summed E-state index contributed by atoms with van der Waals surface area (Å²) in [7, 11) is 3.07. The van der Waals surface area contributed by atoms with E-state index in [9.17, 15) is 9.18 Å². The summed E-state index contributed by atoms with van der Waals surface area (Å²) in [6.07, 6.45) is 0. The van der Waals surface area contributed by atoms with E-state index in [-0.39, 0.29) is 17.5 Å². The standard InChI is InChI=1S/C19H22FNO3/c1-5-21(13(2)14-7-6-8-16(11-14)23-3)19(22)17-12-15(20)9-10-18(17)24-4/h6-13H,5H2,1-4H3. The molecule has 0 aliphatic carbocycles. The summed E-state index contributed by atoms with van der Waals surface area (Å²) in [5.74, 6) is 0.345. The lowest BCUT2D eigenvalue weighted by molar-refractivity contribution is 0.0698. The molecule has 0 saturated carbocycles. The zero-order valence-corrected chi connectivity index (χ0v) is 14.4. The van der Waals surface area contributed by atoms with Crippen LogP contribution in [0.5, 0.6) is 11.5 Å². The zero-order chi connectivity index (χ0) is 17.7. The van der Waals surface area contributed by atoms with Crippen molar-refractivity contribution >= 4 is 5.91 Å². The van der Waals surface area contributed by atoms with Gasteiger partial charge in [0.25, 0.3) is 5.91 Å². The second-order valence-corrected chi connectivity index (χ2v) is 5.39. The smallest absolute Gasteiger partial charge is 0.258 e. The van der Waals surface area contributed by atoms with E-state index < -0.39 is 5.82 Å². The summed E-state index contributed by atoms with van der Waals surface area (Å²) in [4.78, 5) is 14.6. The summed E-state index contributed by atoms with van der Waals surface area (Å²) in [5, 5.41) is 0. The van der Waals surface area contributed by atoms with Crippen LogP contribution in [0, 0.1) is 5.82 Å². The van der Waals surface area contributed by atoms with Gasteiger partial charge in [0.2, 0.25) is 0 Å². The fourth-order valence-corrected chi connectivity index (χ4v) is 2.68. The van der Waals surface area contributed by atoms with Gasteiger partial charge in [-0.25, -0.2) is 4.39 Å². The lowest BCUT2D eigenvalue weighted by Crippen LogP contribution is -2.33. The molecule has 24 heavy (non-hydrogen) atoms. The van der Waals surface area contributed by atoms with Crippen molar-refractivity contribution in [1.82, 2.24) is 4.90 Å². The van der Waals surface area contributed by atoms with Crippen LogP contribution in [0.2, 0.25) is 0 Å². The van der Waals surface area contributed by atoms with Gasteiger partial charge in [0.1, 0.15) is 17.3 Å². The number of carbonyl (C=O) groups excluding carboxylic acids is 1. The summed E-state index contributed by atoms with van der Waals surface area (Å²) >= 11 is 0. The predicted molar refractivity (Wildman–Crippen MR) is 91.1 cm³/mol. The molecule has 0 fully saturated rings. The van der Waals surface area contributed by atoms with E-state index in [1.54, 1.807) is 12.0 Å². The molecule has 0 aliphatic heterocycles. The van der Waals surface area contributed by atoms with Gasteiger partial charge in [-0.1, -0.05) is 12.1 Å². The van der Waals surface area contributed by atoms with Crippen LogP contribution in [0.4, 0.5) is 4.39 Å². The maximum atomic E-state index is 13.6. The Morgan fingerprint density at radius 1 is 1.17 bits per heavy atom. The van der Waals surface area contributed by atoms with Gasteiger partial charge in [0.15, 0.2) is 0 Å². The SMILES string of the molecule is CCN(C(=O)c1cc(F)ccc1OC)C(C)c1cccc(OC)c1. The number of nitrogens with zero attached hydrogens (tertiary/aromatic N) is 1. The third-order valence-electron chi connectivity index (χ3n) is 4.04. The minimum Gasteiger partial charge on any atom is -0.497 e. The van der Waals surface area contributed by atoms with Gasteiger partial charge < -0.3 is 14.4 Å². The van der Waals surface area contributed by atoms with E-state index in [1.165, 1.54) is 25.3 Å². The Balaban J connectivity index is 2.36. The summed E-state index contributed by atoms with van der Waals surface area (Å²) in [6.45, 7) is 4.30. The number of hydrogen-bond donors (Lipinski definition) is 0. The molecular formula is C19H22FNO3. The topological polar surface area (TPSA) is 38.8 Å². The lowest BCUT2D eigenvalue weighted by Gasteiger charge is -2.29. The molecule has 128 valence electrons. The molecule has 5 heteroatoms. The Morgan fingerprint density at radius 2 is 1.92 bits per heavy atom. The van der Waals surface area contributed by atoms with Crippen molar-refractivity contribution in [2.24, 2.45) is 0 Å². The first-order valence-corrected chi connectivity index (χ1v) is 7.80. The Bertz CT molecular complexity index is 718. The summed E-state index contributed by atoms with van der Waals surface area (Å²) in [6, 6.07) is 11.3. The number of amides is 1. The quantitative estimate of drug-likeness (QED) is 0.801. The Morgan fingerprint density at radius 3 is 2.54 bits per heavy atom. The van der Waals surface area contributed by atoms with Crippen LogP contribution in [0.1, 0.15) is 35.8 Å². The van der Waals surface area contributed by atoms with Crippen molar-refractivity contribution in [3.8, 4) is 11.5 Å². The first kappa shape index (κ1) is 17.8. The van der Waals surface area contributed by atoms with Crippen molar-refractivity contribution in [3.05, 3.63) is 59.4 Å². The van der Waals surface area contributed by atoms with Crippen molar-refractivity contribution in [2.45, 2.75) is 19.9 Å². The molecule has 0 spiro atoms. The third kappa shape index (κ3) is 3.67. The first-order valence-electron chi connectivity index (χ1n) is 7.80. The maximum Gasteiger partial charge on any atom is 0.258 e. The monoisotopic (exact) mass is 331 g/mol. The largest absolute Gasteiger partial charge is 0.497 e. The molecule has 0 heterocycles. The Hall–Kier alpha value is -2.56. The van der Waals surface area contributed by atoms with E-state index in [1.807, 2.05) is 38.1 Å². The van der Waals surface area contributed by atoms with Crippen molar-refractivity contribution in [2.75, 3.05) is 20.8 Å². The van der Waals surface area contributed by atoms with E-state index in [0.29, 0.717) is 12.3 Å². The zero-order valence-electron chi connectivity index (χ0n) is 14.4. The molecule has 0 aromatic heterocycles. The lowest BCUT2D eigenvalue weighted by atomic mass is 10.0. The number of benzene rings is 2. The molecule has 2 rings (SSSR count). The van der Waals surface area contributed by atoms with Crippen LogP contribution in [-0.4, -0.2) is 31.6 Å². The third-order valence-corrected chi connectivity index (χ3v) is 4.04. The van der Waals surface area contributed by atoms with Gasteiger partial charge in [-0.2, -0.15) is 0 Å². The summed E-state index contributed by atoms with van der Waals surface area (Å²) < 4.78 is 24.0. The highest BCUT2D eigenvalue weighted by atomic mass is 19.1. The molecule has 0 saturated heterocycles. The molecule has 2 aromatic rings. The number of methoxy groups -OCH3 is 2. The Labute approximate surface area is 141 Å². The average Bonchev–Trinajstić information content (AvgIpc) is 2.62. The predicted octanol–water partition coefficient (Wildman–Crippen LogP) is 4.07. The minimum atomic E-state index is -0.468. The molecule has 4 nitrogen and oxygen atoms in total. The molecule has 0 radical (unpaired) electrons. The highest BCUT2D eigenvalue weighted by molar-refractivity contribution is 5.97. The van der Waals surface area contributed by atoms with Gasteiger partial charge in [-0.15, -0.1) is 0 Å². The fraction of sp³-hybridized carbons (Fsp3) is 0.316. The van der Waals surface area contributed by atoms with Gasteiger partial charge >= 0.3 is 0 Å². The van der Waals surface area contributed by atoms with E-state index >= 15 is 0 Å². The molecule has 0 aliphatic rings. The molecule has 2 aromatic carbocycles. The van der Waals surface area contributed by atoms with Crippen LogP contribution >= 0.6 is 0 Å². The number of hydrogen-bond acceptors (Lipinski definition) is 3. The van der Waals surface area contributed by atoms with Gasteiger partial charge in [-0.05, 0) is 49.7 Å². The fourth-order valence-electron chi connectivity index (χ4n) is 2.68. The minimum absolute atomic E-state index is 0.189. The van der Waals surface area contributed by atoms with E-state index in [4.69, 9.17) is 9.47 Å². The molecule has 0 N–H and O–H groups in total. The highest BCUT2D eigenvalue weighted by Gasteiger charge is 2.24. The van der Waals surface area contributed by atoms with Gasteiger partial charge in [0.05, 0.1) is 25.8 Å². The molecule has 1 unspecified atom stereocenters. The maximum absolute atomic E-state index is 13.6. The number of halogens is 1. The van der Waals surface area contributed by atoms with E-state index in [0.717, 1.165) is 11.3 Å².